The van der Waals surface area contributed by atoms with E-state index in [-0.39, 0.29) is 18.3 Å². The number of hydrogen-bond donors (Lipinski definition) is 0. The van der Waals surface area contributed by atoms with Gasteiger partial charge in [-0.25, -0.2) is 0 Å². The van der Waals surface area contributed by atoms with Gasteiger partial charge in [-0.1, -0.05) is 42.5 Å². The molecule has 138 valence electrons. The number of rotatable bonds is 1. The van der Waals surface area contributed by atoms with E-state index in [1.54, 1.807) is 0 Å². The lowest BCUT2D eigenvalue weighted by Crippen LogP contribution is -2.41. The molecule has 0 atom stereocenters. The highest BCUT2D eigenvalue weighted by Crippen LogP contribution is 2.45. The molecule has 1 aromatic heterocycles. The molecule has 28 heavy (non-hydrogen) atoms. The molecule has 0 unspecified atom stereocenters. The van der Waals surface area contributed by atoms with Gasteiger partial charge < -0.3 is 9.31 Å². The minimum atomic E-state index is -0.363. The van der Waals surface area contributed by atoms with Crippen LogP contribution in [-0.4, -0.2) is 18.3 Å². The van der Waals surface area contributed by atoms with Crippen LogP contribution in [0.1, 0.15) is 27.7 Å². The molecule has 2 heterocycles. The summed E-state index contributed by atoms with van der Waals surface area (Å²) in [7, 11) is -0.363. The van der Waals surface area contributed by atoms with E-state index >= 15 is 0 Å². The number of hydrogen-bond acceptors (Lipinski definition) is 3. The molecule has 0 saturated carbocycles. The second kappa shape index (κ2) is 5.26. The number of benzene rings is 4. The third-order valence-corrected chi connectivity index (χ3v) is 7.81. The summed E-state index contributed by atoms with van der Waals surface area (Å²) in [5.74, 6) is 0. The van der Waals surface area contributed by atoms with Gasteiger partial charge in [0.25, 0.3) is 0 Å². The largest absolute Gasteiger partial charge is 0.495 e. The summed E-state index contributed by atoms with van der Waals surface area (Å²) in [6, 6.07) is 19.8. The van der Waals surface area contributed by atoms with Gasteiger partial charge in [-0.2, -0.15) is 0 Å². The van der Waals surface area contributed by atoms with Gasteiger partial charge in [0.1, 0.15) is 0 Å². The van der Waals surface area contributed by atoms with Crippen molar-refractivity contribution in [3.05, 3.63) is 54.6 Å². The third-order valence-electron chi connectivity index (χ3n) is 6.69. The molecule has 1 aliphatic rings. The molecule has 0 bridgehead atoms. The summed E-state index contributed by atoms with van der Waals surface area (Å²) in [5, 5.41) is 7.89. The molecule has 0 spiro atoms. The summed E-state index contributed by atoms with van der Waals surface area (Å²) >= 11 is 1.87. The van der Waals surface area contributed by atoms with E-state index in [1.807, 2.05) is 11.3 Å². The normalized spacial score (nSPS) is 18.9. The van der Waals surface area contributed by atoms with Crippen LogP contribution in [0.25, 0.3) is 41.7 Å². The smallest absolute Gasteiger partial charge is 0.399 e. The molecule has 1 saturated heterocycles. The fourth-order valence-electron chi connectivity index (χ4n) is 4.54. The molecule has 6 rings (SSSR count). The van der Waals surface area contributed by atoms with Crippen LogP contribution in [0.15, 0.2) is 54.6 Å². The highest BCUT2D eigenvalue weighted by Gasteiger charge is 2.52. The Balaban J connectivity index is 1.78. The lowest BCUT2D eigenvalue weighted by atomic mass is 9.74. The molecular weight excluding hydrogens is 363 g/mol. The first-order chi connectivity index (χ1) is 13.4. The van der Waals surface area contributed by atoms with Gasteiger partial charge in [0.2, 0.25) is 0 Å². The first kappa shape index (κ1) is 16.8. The molecule has 2 nitrogen and oxygen atoms in total. The summed E-state index contributed by atoms with van der Waals surface area (Å²) in [5.41, 5.74) is 0.429. The minimum absolute atomic E-state index is 0.352. The molecule has 1 aliphatic heterocycles. The zero-order valence-electron chi connectivity index (χ0n) is 16.5. The predicted molar refractivity (Wildman–Crippen MR) is 121 cm³/mol. The van der Waals surface area contributed by atoms with Gasteiger partial charge in [-0.15, -0.1) is 11.3 Å². The Bertz CT molecular complexity index is 1370. The average Bonchev–Trinajstić information content (AvgIpc) is 3.14. The highest BCUT2D eigenvalue weighted by molar-refractivity contribution is 7.26. The number of thiophene rings is 1. The molecule has 0 amide bonds. The first-order valence-electron chi connectivity index (χ1n) is 9.81. The van der Waals surface area contributed by atoms with Gasteiger partial charge in [0.05, 0.1) is 11.2 Å². The zero-order valence-corrected chi connectivity index (χ0v) is 17.3. The molecule has 0 N–H and O–H groups in total. The van der Waals surface area contributed by atoms with Crippen LogP contribution in [0.5, 0.6) is 0 Å². The van der Waals surface area contributed by atoms with Crippen molar-refractivity contribution in [2.45, 2.75) is 38.9 Å². The second-order valence-electron chi connectivity index (χ2n) is 8.82. The van der Waals surface area contributed by atoms with E-state index in [1.165, 1.54) is 41.7 Å². The summed E-state index contributed by atoms with van der Waals surface area (Å²) in [4.78, 5) is 0. The van der Waals surface area contributed by atoms with Crippen LogP contribution < -0.4 is 5.46 Å². The lowest BCUT2D eigenvalue weighted by molar-refractivity contribution is 0.00578. The second-order valence-corrected chi connectivity index (χ2v) is 9.90. The quantitative estimate of drug-likeness (QED) is 0.257. The van der Waals surface area contributed by atoms with Crippen LogP contribution in [0.2, 0.25) is 0 Å². The number of fused-ring (bicyclic) bond motifs is 3. The van der Waals surface area contributed by atoms with E-state index in [0.717, 1.165) is 5.46 Å². The highest BCUT2D eigenvalue weighted by atomic mass is 32.1. The maximum atomic E-state index is 6.45. The van der Waals surface area contributed by atoms with Crippen molar-refractivity contribution in [3.8, 4) is 0 Å². The van der Waals surface area contributed by atoms with Crippen molar-refractivity contribution in [3.63, 3.8) is 0 Å². The maximum Gasteiger partial charge on any atom is 0.495 e. The van der Waals surface area contributed by atoms with Crippen molar-refractivity contribution in [2.75, 3.05) is 0 Å². The standard InChI is InChI=1S/C24H21BO2S/c1-23(2)24(3,4)27-25(26-23)17-12-13-19-22-20(17)15-9-6-5-8-14(15)16-10-7-11-18(28-19)21(16)22/h5-13H,1-4H3. The van der Waals surface area contributed by atoms with Crippen molar-refractivity contribution in [1.29, 1.82) is 0 Å². The van der Waals surface area contributed by atoms with Crippen molar-refractivity contribution < 1.29 is 9.31 Å². The Morgan fingerprint density at radius 1 is 0.643 bits per heavy atom. The topological polar surface area (TPSA) is 18.5 Å². The summed E-state index contributed by atoms with van der Waals surface area (Å²) in [6.45, 7) is 8.46. The SMILES string of the molecule is CC1(C)OB(c2ccc3sc4cccc5c6ccccc6c2c3c45)OC1(C)C. The van der Waals surface area contributed by atoms with Gasteiger partial charge >= 0.3 is 7.12 Å². The summed E-state index contributed by atoms with van der Waals surface area (Å²) < 4.78 is 15.6. The zero-order chi connectivity index (χ0) is 19.3. The molecule has 4 heteroatoms. The lowest BCUT2D eigenvalue weighted by Gasteiger charge is -2.32. The Labute approximate surface area is 168 Å². The van der Waals surface area contributed by atoms with Gasteiger partial charge in [0, 0.05) is 20.2 Å². The van der Waals surface area contributed by atoms with Gasteiger partial charge in [-0.05, 0) is 66.8 Å². The minimum Gasteiger partial charge on any atom is -0.399 e. The van der Waals surface area contributed by atoms with Crippen LogP contribution in [0.3, 0.4) is 0 Å². The van der Waals surface area contributed by atoms with E-state index in [2.05, 4.69) is 82.3 Å². The Hall–Kier alpha value is -2.14. The van der Waals surface area contributed by atoms with Gasteiger partial charge in [-0.3, -0.25) is 0 Å². The molecule has 5 aromatic rings. The fraction of sp³-hybridized carbons (Fsp3) is 0.250. The fourth-order valence-corrected chi connectivity index (χ4v) is 5.68. The Morgan fingerprint density at radius 3 is 2.00 bits per heavy atom. The third kappa shape index (κ3) is 2.01. The molecule has 0 aliphatic carbocycles. The average molecular weight is 384 g/mol. The molecule has 1 fully saturated rings. The summed E-state index contributed by atoms with van der Waals surface area (Å²) in [6.07, 6.45) is 0. The first-order valence-corrected chi connectivity index (χ1v) is 10.6. The van der Waals surface area contributed by atoms with Crippen LogP contribution >= 0.6 is 11.3 Å². The van der Waals surface area contributed by atoms with Crippen molar-refractivity contribution >= 4 is 65.6 Å². The molecule has 0 radical (unpaired) electrons. The van der Waals surface area contributed by atoms with E-state index in [9.17, 15) is 0 Å². The van der Waals surface area contributed by atoms with E-state index in [4.69, 9.17) is 9.31 Å². The van der Waals surface area contributed by atoms with Crippen LogP contribution in [0, 0.1) is 0 Å². The van der Waals surface area contributed by atoms with Crippen molar-refractivity contribution in [2.24, 2.45) is 0 Å². The van der Waals surface area contributed by atoms with Crippen molar-refractivity contribution in [1.82, 2.24) is 0 Å². The van der Waals surface area contributed by atoms with E-state index in [0.29, 0.717) is 0 Å². The van der Waals surface area contributed by atoms with Crippen LogP contribution in [0.4, 0.5) is 0 Å². The Kier molecular flexibility index (Phi) is 3.16. The van der Waals surface area contributed by atoms with E-state index < -0.39 is 0 Å². The predicted octanol–water partition coefficient (Wildman–Crippen LogP) is 6.10. The van der Waals surface area contributed by atoms with Crippen LogP contribution in [-0.2, 0) is 9.31 Å². The molecule has 4 aromatic carbocycles. The van der Waals surface area contributed by atoms with Gasteiger partial charge in [0.15, 0.2) is 0 Å². The monoisotopic (exact) mass is 384 g/mol. The molecular formula is C24H21BO2S. The Morgan fingerprint density at radius 2 is 1.25 bits per heavy atom. The maximum absolute atomic E-state index is 6.45.